The lowest BCUT2D eigenvalue weighted by molar-refractivity contribution is -0.117. The Hall–Kier alpha value is -1.49. The van der Waals surface area contributed by atoms with Gasteiger partial charge in [-0.25, -0.2) is 4.98 Å². The van der Waals surface area contributed by atoms with Crippen molar-refractivity contribution in [1.29, 1.82) is 0 Å². The van der Waals surface area contributed by atoms with Crippen molar-refractivity contribution < 1.29 is 4.79 Å². The zero-order valence-corrected chi connectivity index (χ0v) is 16.8. The Kier molecular flexibility index (Phi) is 4.89. The van der Waals surface area contributed by atoms with E-state index in [1.807, 2.05) is 6.92 Å². The van der Waals surface area contributed by atoms with Crippen LogP contribution in [-0.2, 0) is 30.6 Å². The van der Waals surface area contributed by atoms with Crippen molar-refractivity contribution in [3.8, 4) is 0 Å². The van der Waals surface area contributed by atoms with Crippen molar-refractivity contribution in [2.75, 3.05) is 0 Å². The molecule has 0 fully saturated rings. The molecule has 0 saturated carbocycles. The number of nitrogens with zero attached hydrogens (tertiary/aromatic N) is 2. The van der Waals surface area contributed by atoms with Crippen molar-refractivity contribution in [3.63, 3.8) is 0 Å². The maximum Gasteiger partial charge on any atom is 0.262 e. The molecule has 3 rings (SSSR count). The van der Waals surface area contributed by atoms with Crippen LogP contribution in [0.3, 0.4) is 0 Å². The molecule has 0 amide bonds. The van der Waals surface area contributed by atoms with Gasteiger partial charge in [-0.3, -0.25) is 14.2 Å². The minimum atomic E-state index is 0.0507. The minimum absolute atomic E-state index is 0.0507. The summed E-state index contributed by atoms with van der Waals surface area (Å²) in [6.45, 7) is 10.9. The highest BCUT2D eigenvalue weighted by atomic mass is 32.1. The average Bonchev–Trinajstić information content (AvgIpc) is 2.90. The third kappa shape index (κ3) is 3.43. The molecule has 0 bridgehead atoms. The van der Waals surface area contributed by atoms with Gasteiger partial charge in [0.1, 0.15) is 16.4 Å². The number of ketones is 1. The number of rotatable bonds is 4. The molecule has 0 radical (unpaired) electrons. The summed E-state index contributed by atoms with van der Waals surface area (Å²) in [6, 6.07) is 0. The molecule has 1 atom stereocenters. The number of aryl methyl sites for hydroxylation is 2. The Bertz CT molecular complexity index is 870. The van der Waals surface area contributed by atoms with E-state index in [1.54, 1.807) is 22.8 Å². The van der Waals surface area contributed by atoms with E-state index in [4.69, 9.17) is 4.98 Å². The lowest BCUT2D eigenvalue weighted by atomic mass is 9.72. The van der Waals surface area contributed by atoms with Crippen molar-refractivity contribution in [1.82, 2.24) is 9.55 Å². The highest BCUT2D eigenvalue weighted by Gasteiger charge is 2.32. The van der Waals surface area contributed by atoms with Gasteiger partial charge in [-0.15, -0.1) is 11.3 Å². The minimum Gasteiger partial charge on any atom is -0.300 e. The summed E-state index contributed by atoms with van der Waals surface area (Å²) in [4.78, 5) is 31.5. The van der Waals surface area contributed by atoms with E-state index in [0.29, 0.717) is 25.3 Å². The summed E-state index contributed by atoms with van der Waals surface area (Å²) >= 11 is 1.70. The molecule has 0 aromatic carbocycles. The first-order valence-electron chi connectivity index (χ1n) is 9.25. The number of aromatic nitrogens is 2. The van der Waals surface area contributed by atoms with Crippen LogP contribution in [0.2, 0.25) is 0 Å². The van der Waals surface area contributed by atoms with Crippen molar-refractivity contribution in [2.45, 2.75) is 73.3 Å². The second kappa shape index (κ2) is 6.67. The molecule has 1 unspecified atom stereocenters. The largest absolute Gasteiger partial charge is 0.300 e. The van der Waals surface area contributed by atoms with Gasteiger partial charge in [0.2, 0.25) is 0 Å². The fourth-order valence-electron chi connectivity index (χ4n) is 3.81. The summed E-state index contributed by atoms with van der Waals surface area (Å²) < 4.78 is 1.73. The molecule has 25 heavy (non-hydrogen) atoms. The molecule has 4 nitrogen and oxygen atoms in total. The van der Waals surface area contributed by atoms with Crippen LogP contribution in [0.15, 0.2) is 4.79 Å². The second-order valence-corrected chi connectivity index (χ2v) is 9.36. The predicted octanol–water partition coefficient (Wildman–Crippen LogP) is 4.15. The molecule has 2 heterocycles. The fraction of sp³-hybridized carbons (Fsp3) is 0.650. The highest BCUT2D eigenvalue weighted by molar-refractivity contribution is 7.18. The van der Waals surface area contributed by atoms with E-state index in [2.05, 4.69) is 20.8 Å². The van der Waals surface area contributed by atoms with Gasteiger partial charge in [-0.05, 0) is 43.1 Å². The Morgan fingerprint density at radius 1 is 1.36 bits per heavy atom. The maximum absolute atomic E-state index is 13.2. The molecule has 0 N–H and O–H groups in total. The maximum atomic E-state index is 13.2. The lowest BCUT2D eigenvalue weighted by Crippen LogP contribution is -2.28. The summed E-state index contributed by atoms with van der Waals surface area (Å²) in [7, 11) is 0. The number of carbonyl (C=O) groups excluding carboxylic acids is 1. The summed E-state index contributed by atoms with van der Waals surface area (Å²) in [6.07, 6.45) is 4.24. The monoisotopic (exact) mass is 360 g/mol. The van der Waals surface area contributed by atoms with Crippen molar-refractivity contribution in [2.24, 2.45) is 11.3 Å². The van der Waals surface area contributed by atoms with Gasteiger partial charge in [0, 0.05) is 24.3 Å². The zero-order valence-electron chi connectivity index (χ0n) is 15.9. The SMILES string of the molecule is CCc1nc2sc3c(c2c(=O)n1CCC(C)=O)CCC(C(C)(C)C)C3. The van der Waals surface area contributed by atoms with E-state index in [-0.39, 0.29) is 16.8 Å². The first kappa shape index (κ1) is 18.3. The zero-order chi connectivity index (χ0) is 18.4. The molecule has 2 aromatic heterocycles. The summed E-state index contributed by atoms with van der Waals surface area (Å²) in [5, 5.41) is 0.813. The van der Waals surface area contributed by atoms with Crippen LogP contribution in [0.4, 0.5) is 0 Å². The molecule has 1 aliphatic carbocycles. The first-order valence-corrected chi connectivity index (χ1v) is 10.1. The highest BCUT2D eigenvalue weighted by Crippen LogP contribution is 2.42. The predicted molar refractivity (Wildman–Crippen MR) is 104 cm³/mol. The number of Topliss-reactive ketones (excluding diaryl/α,β-unsaturated/α-hetero) is 1. The fourth-order valence-corrected chi connectivity index (χ4v) is 5.12. The van der Waals surface area contributed by atoms with E-state index in [9.17, 15) is 9.59 Å². The third-order valence-electron chi connectivity index (χ3n) is 5.48. The van der Waals surface area contributed by atoms with Gasteiger partial charge in [-0.1, -0.05) is 27.7 Å². The van der Waals surface area contributed by atoms with Crippen LogP contribution in [-0.4, -0.2) is 15.3 Å². The Morgan fingerprint density at radius 2 is 2.08 bits per heavy atom. The van der Waals surface area contributed by atoms with E-state index >= 15 is 0 Å². The van der Waals surface area contributed by atoms with Crippen LogP contribution in [0.25, 0.3) is 10.2 Å². The number of thiophene rings is 1. The normalized spacial score (nSPS) is 17.7. The van der Waals surface area contributed by atoms with Crippen LogP contribution in [0.1, 0.15) is 63.7 Å². The average molecular weight is 361 g/mol. The van der Waals surface area contributed by atoms with Gasteiger partial charge in [0.25, 0.3) is 5.56 Å². The molecule has 5 heteroatoms. The Labute approximate surface area is 153 Å². The summed E-state index contributed by atoms with van der Waals surface area (Å²) in [5.41, 5.74) is 1.56. The van der Waals surface area contributed by atoms with Crippen molar-refractivity contribution >= 4 is 27.3 Å². The van der Waals surface area contributed by atoms with Gasteiger partial charge in [0.15, 0.2) is 0 Å². The molecular formula is C20H28N2O2S. The van der Waals surface area contributed by atoms with Crippen LogP contribution in [0.5, 0.6) is 0 Å². The molecule has 0 aliphatic heterocycles. The summed E-state index contributed by atoms with van der Waals surface area (Å²) in [5.74, 6) is 1.55. The van der Waals surface area contributed by atoms with Gasteiger partial charge in [0.05, 0.1) is 5.39 Å². The number of carbonyl (C=O) groups is 1. The standard InChI is InChI=1S/C20H28N2O2S/c1-6-16-21-18-17(19(24)22(16)10-9-12(2)23)14-8-7-13(20(3,4)5)11-15(14)25-18/h13H,6-11H2,1-5H3. The Balaban J connectivity index is 2.10. The molecule has 1 aliphatic rings. The van der Waals surface area contributed by atoms with E-state index in [1.165, 1.54) is 10.4 Å². The smallest absolute Gasteiger partial charge is 0.262 e. The van der Waals surface area contributed by atoms with Crippen LogP contribution < -0.4 is 5.56 Å². The third-order valence-corrected chi connectivity index (χ3v) is 6.62. The van der Waals surface area contributed by atoms with Crippen LogP contribution >= 0.6 is 11.3 Å². The molecular weight excluding hydrogens is 332 g/mol. The second-order valence-electron chi connectivity index (χ2n) is 8.28. The number of hydrogen-bond acceptors (Lipinski definition) is 4. The van der Waals surface area contributed by atoms with Crippen LogP contribution in [0, 0.1) is 11.3 Å². The number of fused-ring (bicyclic) bond motifs is 3. The molecule has 2 aromatic rings. The van der Waals surface area contributed by atoms with Gasteiger partial charge in [-0.2, -0.15) is 0 Å². The van der Waals surface area contributed by atoms with Gasteiger partial charge < -0.3 is 0 Å². The quantitative estimate of drug-likeness (QED) is 0.823. The topological polar surface area (TPSA) is 52.0 Å². The van der Waals surface area contributed by atoms with Gasteiger partial charge >= 0.3 is 0 Å². The Morgan fingerprint density at radius 3 is 2.68 bits per heavy atom. The number of hydrogen-bond donors (Lipinski definition) is 0. The molecule has 136 valence electrons. The van der Waals surface area contributed by atoms with Crippen molar-refractivity contribution in [3.05, 3.63) is 26.6 Å². The van der Waals surface area contributed by atoms with E-state index < -0.39 is 0 Å². The molecule has 0 spiro atoms. The molecule has 0 saturated heterocycles. The first-order chi connectivity index (χ1) is 11.7. The van der Waals surface area contributed by atoms with E-state index in [0.717, 1.165) is 35.3 Å². The lowest BCUT2D eigenvalue weighted by Gasteiger charge is -2.33.